The third kappa shape index (κ3) is 3.00. The summed E-state index contributed by atoms with van der Waals surface area (Å²) in [7, 11) is 1.44. The monoisotopic (exact) mass is 217 g/mol. The van der Waals surface area contributed by atoms with E-state index in [1.54, 1.807) is 0 Å². The second-order valence-electron chi connectivity index (χ2n) is 3.39. The van der Waals surface area contributed by atoms with Crippen LogP contribution in [0.1, 0.15) is 19.3 Å². The van der Waals surface area contributed by atoms with Gasteiger partial charge in [-0.1, -0.05) is 24.1 Å². The fourth-order valence-electron chi connectivity index (χ4n) is 1.79. The molecule has 0 aromatic heterocycles. The van der Waals surface area contributed by atoms with Crippen LogP contribution in [0.2, 0.25) is 0 Å². The first kappa shape index (κ1) is 11.5. The maximum absolute atomic E-state index is 11.4. The summed E-state index contributed by atoms with van der Waals surface area (Å²) in [5, 5.41) is 0. The minimum atomic E-state index is -0.132. The summed E-state index contributed by atoms with van der Waals surface area (Å²) in [6.07, 6.45) is 4.98. The summed E-state index contributed by atoms with van der Waals surface area (Å²) >= 11 is 5.46. The highest BCUT2D eigenvalue weighted by atomic mass is 35.5. The number of halogens is 1. The van der Waals surface area contributed by atoms with Crippen LogP contribution in [0.3, 0.4) is 0 Å². The van der Waals surface area contributed by atoms with Crippen molar-refractivity contribution in [2.45, 2.75) is 25.3 Å². The molecule has 0 amide bonds. The molecule has 3 nitrogen and oxygen atoms in total. The summed E-state index contributed by atoms with van der Waals surface area (Å²) in [4.78, 5) is 13.5. The number of carbonyl (C=O) groups excluding carboxylic acids is 1. The Hall–Kier alpha value is -0.540. The largest absolute Gasteiger partial charge is 0.468 e. The summed E-state index contributed by atoms with van der Waals surface area (Å²) in [6, 6.07) is -0.0818. The number of nitrogens with zero attached hydrogens (tertiary/aromatic N) is 1. The van der Waals surface area contributed by atoms with Crippen molar-refractivity contribution in [2.75, 3.05) is 20.2 Å². The van der Waals surface area contributed by atoms with Crippen molar-refractivity contribution in [2.24, 2.45) is 0 Å². The molecule has 1 aliphatic rings. The van der Waals surface area contributed by atoms with E-state index < -0.39 is 0 Å². The summed E-state index contributed by atoms with van der Waals surface area (Å²) in [6.45, 7) is 1.67. The van der Waals surface area contributed by atoms with E-state index >= 15 is 0 Å². The van der Waals surface area contributed by atoms with Crippen LogP contribution in [-0.4, -0.2) is 37.1 Å². The van der Waals surface area contributed by atoms with Crippen LogP contribution in [0.5, 0.6) is 0 Å². The molecular weight excluding hydrogens is 202 g/mol. The Morgan fingerprint density at radius 2 is 2.43 bits per heavy atom. The Kier molecular flexibility index (Phi) is 4.98. The fraction of sp³-hybridized carbons (Fsp3) is 0.700. The lowest BCUT2D eigenvalue weighted by atomic mass is 10.0. The number of piperidine rings is 1. The molecule has 0 spiro atoms. The van der Waals surface area contributed by atoms with Gasteiger partial charge in [-0.25, -0.2) is 0 Å². The second-order valence-corrected chi connectivity index (χ2v) is 3.64. The molecule has 14 heavy (non-hydrogen) atoms. The van der Waals surface area contributed by atoms with Gasteiger partial charge in [0, 0.05) is 12.1 Å². The lowest BCUT2D eigenvalue weighted by Crippen LogP contribution is -2.45. The Labute approximate surface area is 89.7 Å². The van der Waals surface area contributed by atoms with Gasteiger partial charge in [0.15, 0.2) is 0 Å². The molecule has 0 unspecified atom stereocenters. The first-order chi connectivity index (χ1) is 6.79. The molecule has 0 radical (unpaired) electrons. The van der Waals surface area contributed by atoms with E-state index in [0.717, 1.165) is 32.4 Å². The third-order valence-electron chi connectivity index (χ3n) is 2.52. The lowest BCUT2D eigenvalue weighted by Gasteiger charge is -2.32. The molecule has 1 heterocycles. The molecule has 0 bridgehead atoms. The Balaban J connectivity index is 2.54. The van der Waals surface area contributed by atoms with Gasteiger partial charge in [0.1, 0.15) is 6.04 Å². The zero-order valence-electron chi connectivity index (χ0n) is 8.41. The zero-order chi connectivity index (χ0) is 10.4. The van der Waals surface area contributed by atoms with Crippen molar-refractivity contribution in [3.63, 3.8) is 0 Å². The van der Waals surface area contributed by atoms with Crippen LogP contribution in [-0.2, 0) is 9.53 Å². The maximum Gasteiger partial charge on any atom is 0.323 e. The van der Waals surface area contributed by atoms with Gasteiger partial charge < -0.3 is 4.74 Å². The molecular formula is C10H16ClNO2. The van der Waals surface area contributed by atoms with Gasteiger partial charge in [0.2, 0.25) is 0 Å². The zero-order valence-corrected chi connectivity index (χ0v) is 9.17. The van der Waals surface area contributed by atoms with Crippen molar-refractivity contribution in [1.82, 2.24) is 4.90 Å². The van der Waals surface area contributed by atoms with E-state index in [-0.39, 0.29) is 12.0 Å². The minimum Gasteiger partial charge on any atom is -0.468 e. The Morgan fingerprint density at radius 1 is 1.64 bits per heavy atom. The van der Waals surface area contributed by atoms with Gasteiger partial charge in [0.05, 0.1) is 7.11 Å². The third-order valence-corrected chi connectivity index (χ3v) is 2.69. The maximum atomic E-state index is 11.4. The number of hydrogen-bond donors (Lipinski definition) is 0. The van der Waals surface area contributed by atoms with Crippen molar-refractivity contribution in [3.8, 4) is 0 Å². The van der Waals surface area contributed by atoms with E-state index in [9.17, 15) is 4.79 Å². The molecule has 0 aliphatic carbocycles. The van der Waals surface area contributed by atoms with Gasteiger partial charge in [0.25, 0.3) is 0 Å². The standard InChI is InChI=1S/C10H16ClNO2/c1-14-10(13)9-5-2-3-7-12(9)8-4-6-11/h4,6,9H,2-3,5,7-8H2,1H3/b6-4+/t9-/m1/s1. The predicted molar refractivity (Wildman–Crippen MR) is 56.2 cm³/mol. The summed E-state index contributed by atoms with van der Waals surface area (Å²) in [5.74, 6) is -0.132. The fourth-order valence-corrected chi connectivity index (χ4v) is 1.87. The number of carbonyl (C=O) groups is 1. The first-order valence-electron chi connectivity index (χ1n) is 4.86. The molecule has 1 saturated heterocycles. The van der Waals surface area contributed by atoms with E-state index in [0.29, 0.717) is 0 Å². The normalized spacial score (nSPS) is 24.0. The van der Waals surface area contributed by atoms with Crippen molar-refractivity contribution in [1.29, 1.82) is 0 Å². The highest BCUT2D eigenvalue weighted by molar-refractivity contribution is 6.25. The number of methoxy groups -OCH3 is 1. The Morgan fingerprint density at radius 3 is 3.07 bits per heavy atom. The smallest absolute Gasteiger partial charge is 0.323 e. The van der Waals surface area contributed by atoms with Crippen LogP contribution in [0.25, 0.3) is 0 Å². The number of likely N-dealkylation sites (tertiary alicyclic amines) is 1. The van der Waals surface area contributed by atoms with E-state index in [2.05, 4.69) is 4.90 Å². The van der Waals surface area contributed by atoms with Crippen LogP contribution in [0.15, 0.2) is 11.6 Å². The number of esters is 1. The lowest BCUT2D eigenvalue weighted by molar-refractivity contribution is -0.148. The van der Waals surface area contributed by atoms with Crippen molar-refractivity contribution < 1.29 is 9.53 Å². The minimum absolute atomic E-state index is 0.0818. The Bertz CT molecular complexity index is 218. The van der Waals surface area contributed by atoms with Crippen molar-refractivity contribution in [3.05, 3.63) is 11.6 Å². The SMILES string of the molecule is COC(=O)[C@H]1CCCCN1C/C=C/Cl. The average Bonchev–Trinajstić information content (AvgIpc) is 2.25. The van der Waals surface area contributed by atoms with Gasteiger partial charge in [-0.05, 0) is 19.4 Å². The molecule has 80 valence electrons. The highest BCUT2D eigenvalue weighted by Crippen LogP contribution is 2.17. The van der Waals surface area contributed by atoms with Gasteiger partial charge in [-0.15, -0.1) is 0 Å². The number of ether oxygens (including phenoxy) is 1. The van der Waals surface area contributed by atoms with Crippen molar-refractivity contribution >= 4 is 17.6 Å². The van der Waals surface area contributed by atoms with E-state index in [1.807, 2.05) is 6.08 Å². The average molecular weight is 218 g/mol. The molecule has 0 aromatic rings. The highest BCUT2D eigenvalue weighted by Gasteiger charge is 2.28. The van der Waals surface area contributed by atoms with E-state index in [4.69, 9.17) is 16.3 Å². The predicted octanol–water partition coefficient (Wildman–Crippen LogP) is 1.77. The number of rotatable bonds is 3. The van der Waals surface area contributed by atoms with Gasteiger partial charge >= 0.3 is 5.97 Å². The molecule has 1 fully saturated rings. The quantitative estimate of drug-likeness (QED) is 0.675. The number of hydrogen-bond acceptors (Lipinski definition) is 3. The topological polar surface area (TPSA) is 29.5 Å². The van der Waals surface area contributed by atoms with E-state index in [1.165, 1.54) is 12.6 Å². The molecule has 4 heteroatoms. The molecule has 1 aliphatic heterocycles. The molecule has 0 saturated carbocycles. The second kappa shape index (κ2) is 6.04. The molecule has 1 atom stereocenters. The van der Waals surface area contributed by atoms with Gasteiger partial charge in [-0.2, -0.15) is 0 Å². The molecule has 1 rings (SSSR count). The first-order valence-corrected chi connectivity index (χ1v) is 5.30. The van der Waals surface area contributed by atoms with Crippen LogP contribution in [0.4, 0.5) is 0 Å². The summed E-state index contributed by atoms with van der Waals surface area (Å²) in [5.41, 5.74) is 1.49. The van der Waals surface area contributed by atoms with Crippen LogP contribution < -0.4 is 0 Å². The van der Waals surface area contributed by atoms with Gasteiger partial charge in [-0.3, -0.25) is 9.69 Å². The van der Waals surface area contributed by atoms with Crippen LogP contribution >= 0.6 is 11.6 Å². The summed E-state index contributed by atoms with van der Waals surface area (Å²) < 4.78 is 4.76. The van der Waals surface area contributed by atoms with Crippen LogP contribution in [0, 0.1) is 0 Å². The molecule has 0 aromatic carbocycles. The molecule has 0 N–H and O–H groups in total.